The van der Waals surface area contributed by atoms with Crippen LogP contribution >= 0.6 is 47.3 Å². The number of halogens is 2. The third-order valence-electron chi connectivity index (χ3n) is 1.31. The van der Waals surface area contributed by atoms with Gasteiger partial charge in [0.05, 0.1) is 5.04 Å². The van der Waals surface area contributed by atoms with Crippen molar-refractivity contribution in [1.82, 2.24) is 0 Å². The summed E-state index contributed by atoms with van der Waals surface area (Å²) in [5.41, 5.74) is 0.918. The predicted molar refractivity (Wildman–Crippen MR) is 67.2 cm³/mol. The number of nitrogens with one attached hydrogen (secondary N) is 1. The molecule has 0 aromatic heterocycles. The molecule has 0 bridgehead atoms. The van der Waals surface area contributed by atoms with Crippen molar-refractivity contribution < 1.29 is 0 Å². The highest BCUT2D eigenvalue weighted by Crippen LogP contribution is 2.13. The summed E-state index contributed by atoms with van der Waals surface area (Å²) in [6.45, 7) is 0. The van der Waals surface area contributed by atoms with Crippen LogP contribution in [0.3, 0.4) is 0 Å². The molecule has 0 saturated heterocycles. The van der Waals surface area contributed by atoms with Crippen molar-refractivity contribution in [2.75, 3.05) is 6.26 Å². The molecule has 12 heavy (non-hydrogen) atoms. The van der Waals surface area contributed by atoms with Crippen molar-refractivity contribution in [3.05, 3.63) is 34.9 Å². The van der Waals surface area contributed by atoms with Gasteiger partial charge in [-0.15, -0.1) is 35.7 Å². The first-order valence-corrected chi connectivity index (χ1v) is 4.73. The molecule has 0 spiro atoms. The van der Waals surface area contributed by atoms with E-state index in [0.29, 0.717) is 10.1 Å². The molecule has 0 heterocycles. The van der Waals surface area contributed by atoms with Gasteiger partial charge in [0.1, 0.15) is 0 Å². The first-order chi connectivity index (χ1) is 5.24. The van der Waals surface area contributed by atoms with Gasteiger partial charge in [0.25, 0.3) is 0 Å². The Morgan fingerprint density at radius 3 is 2.25 bits per heavy atom. The lowest BCUT2D eigenvalue weighted by Gasteiger charge is -1.98. The van der Waals surface area contributed by atoms with Gasteiger partial charge in [0.2, 0.25) is 0 Å². The summed E-state index contributed by atoms with van der Waals surface area (Å²) in [5.74, 6) is 0. The molecular weight excluding hydrogens is 305 g/mol. The fourth-order valence-corrected chi connectivity index (χ4v) is 1.22. The van der Waals surface area contributed by atoms with Gasteiger partial charge in [-0.1, -0.05) is 23.7 Å². The monoisotopic (exact) mass is 313 g/mol. The van der Waals surface area contributed by atoms with E-state index in [1.807, 2.05) is 18.4 Å². The van der Waals surface area contributed by atoms with E-state index in [-0.39, 0.29) is 24.0 Å². The number of hydrogen-bond donors (Lipinski definition) is 1. The van der Waals surface area contributed by atoms with Crippen LogP contribution in [0, 0.1) is 5.41 Å². The minimum Gasteiger partial charge on any atom is -0.293 e. The molecular formula is C8H9ClINS. The van der Waals surface area contributed by atoms with Crippen molar-refractivity contribution in [1.29, 1.82) is 5.41 Å². The number of benzene rings is 1. The van der Waals surface area contributed by atoms with Crippen molar-refractivity contribution in [3.8, 4) is 0 Å². The van der Waals surface area contributed by atoms with Gasteiger partial charge in [0, 0.05) is 10.6 Å². The molecule has 0 atom stereocenters. The molecule has 1 aromatic carbocycles. The maximum atomic E-state index is 7.47. The summed E-state index contributed by atoms with van der Waals surface area (Å²) in [7, 11) is 0. The Bertz CT molecular complexity index is 260. The van der Waals surface area contributed by atoms with Crippen LogP contribution in [-0.2, 0) is 0 Å². The third-order valence-corrected chi connectivity index (χ3v) is 2.21. The van der Waals surface area contributed by atoms with Crippen molar-refractivity contribution in [2.24, 2.45) is 0 Å². The highest BCUT2D eigenvalue weighted by Gasteiger charge is 1.97. The van der Waals surface area contributed by atoms with E-state index in [0.717, 1.165) is 5.56 Å². The largest absolute Gasteiger partial charge is 0.293 e. The zero-order chi connectivity index (χ0) is 8.27. The topological polar surface area (TPSA) is 23.9 Å². The molecule has 0 fully saturated rings. The van der Waals surface area contributed by atoms with Gasteiger partial charge in [-0.25, -0.2) is 0 Å². The van der Waals surface area contributed by atoms with Crippen LogP contribution in [0.25, 0.3) is 0 Å². The second-order valence-electron chi connectivity index (χ2n) is 2.04. The Labute approximate surface area is 98.4 Å². The van der Waals surface area contributed by atoms with Crippen molar-refractivity contribution in [2.45, 2.75) is 0 Å². The maximum Gasteiger partial charge on any atom is 0.0939 e. The molecule has 0 aliphatic carbocycles. The summed E-state index contributed by atoms with van der Waals surface area (Å²) in [4.78, 5) is 0. The van der Waals surface area contributed by atoms with Crippen LogP contribution in [0.2, 0.25) is 5.02 Å². The molecule has 0 amide bonds. The lowest BCUT2D eigenvalue weighted by Crippen LogP contribution is -1.90. The van der Waals surface area contributed by atoms with Gasteiger partial charge in [-0.3, -0.25) is 5.41 Å². The van der Waals surface area contributed by atoms with Crippen LogP contribution in [0.4, 0.5) is 0 Å². The molecule has 1 nitrogen and oxygen atoms in total. The minimum absolute atomic E-state index is 0. The highest BCUT2D eigenvalue weighted by molar-refractivity contribution is 14.0. The molecule has 4 heteroatoms. The van der Waals surface area contributed by atoms with Crippen LogP contribution in [0.15, 0.2) is 24.3 Å². The Kier molecular flexibility index (Phi) is 5.96. The Balaban J connectivity index is 0.00000121. The molecule has 1 rings (SSSR count). The number of rotatable bonds is 1. The van der Waals surface area contributed by atoms with E-state index in [4.69, 9.17) is 17.0 Å². The summed E-state index contributed by atoms with van der Waals surface area (Å²) in [5, 5.41) is 8.75. The van der Waals surface area contributed by atoms with Crippen LogP contribution in [0.5, 0.6) is 0 Å². The van der Waals surface area contributed by atoms with Gasteiger partial charge in [0.15, 0.2) is 0 Å². The molecule has 0 saturated carbocycles. The van der Waals surface area contributed by atoms with Gasteiger partial charge < -0.3 is 0 Å². The molecule has 0 aliphatic rings. The normalized spacial score (nSPS) is 8.83. The molecule has 1 N–H and O–H groups in total. The first kappa shape index (κ1) is 12.3. The van der Waals surface area contributed by atoms with E-state index in [9.17, 15) is 0 Å². The van der Waals surface area contributed by atoms with Gasteiger partial charge in [-0.05, 0) is 18.4 Å². The smallest absolute Gasteiger partial charge is 0.0939 e. The quantitative estimate of drug-likeness (QED) is 0.477. The van der Waals surface area contributed by atoms with E-state index < -0.39 is 0 Å². The van der Waals surface area contributed by atoms with Crippen LogP contribution in [-0.4, -0.2) is 11.3 Å². The standard InChI is InChI=1S/C8H8ClNS.HI/c1-11-8(10)6-2-4-7(9)5-3-6;/h2-5,10H,1H3;1H. The number of thioether (sulfide) groups is 1. The summed E-state index contributed by atoms with van der Waals surface area (Å²) in [6, 6.07) is 7.28. The molecule has 0 radical (unpaired) electrons. The zero-order valence-electron chi connectivity index (χ0n) is 6.50. The van der Waals surface area contributed by atoms with Crippen molar-refractivity contribution in [3.63, 3.8) is 0 Å². The fourth-order valence-electron chi connectivity index (χ4n) is 0.719. The fraction of sp³-hybridized carbons (Fsp3) is 0.125. The second-order valence-corrected chi connectivity index (χ2v) is 3.29. The molecule has 66 valence electrons. The predicted octanol–water partition coefficient (Wildman–Crippen LogP) is 3.65. The van der Waals surface area contributed by atoms with E-state index in [1.165, 1.54) is 11.8 Å². The maximum absolute atomic E-state index is 7.47. The van der Waals surface area contributed by atoms with E-state index in [1.54, 1.807) is 12.1 Å². The molecule has 1 aromatic rings. The van der Waals surface area contributed by atoms with Crippen LogP contribution in [0.1, 0.15) is 5.56 Å². The SMILES string of the molecule is CSC(=N)c1ccc(Cl)cc1.I. The van der Waals surface area contributed by atoms with E-state index in [2.05, 4.69) is 0 Å². The van der Waals surface area contributed by atoms with Gasteiger partial charge >= 0.3 is 0 Å². The van der Waals surface area contributed by atoms with Crippen LogP contribution < -0.4 is 0 Å². The number of hydrogen-bond acceptors (Lipinski definition) is 2. The Morgan fingerprint density at radius 1 is 1.33 bits per heavy atom. The minimum atomic E-state index is 0. The average molecular weight is 314 g/mol. The van der Waals surface area contributed by atoms with Gasteiger partial charge in [-0.2, -0.15) is 0 Å². The van der Waals surface area contributed by atoms with Crippen molar-refractivity contribution >= 4 is 52.4 Å². The van der Waals surface area contributed by atoms with E-state index >= 15 is 0 Å². The average Bonchev–Trinajstić information content (AvgIpc) is 2.05. The molecule has 0 aliphatic heterocycles. The first-order valence-electron chi connectivity index (χ1n) is 3.12. The Hall–Kier alpha value is 0.260. The molecule has 0 unspecified atom stereocenters. The Morgan fingerprint density at radius 2 is 1.83 bits per heavy atom. The third kappa shape index (κ3) is 3.33. The lowest BCUT2D eigenvalue weighted by molar-refractivity contribution is 1.53. The summed E-state index contributed by atoms with van der Waals surface area (Å²) in [6.07, 6.45) is 1.89. The summed E-state index contributed by atoms with van der Waals surface area (Å²) < 4.78 is 0. The highest BCUT2D eigenvalue weighted by atomic mass is 127. The summed E-state index contributed by atoms with van der Waals surface area (Å²) >= 11 is 7.11. The second kappa shape index (κ2) is 5.83. The lowest BCUT2D eigenvalue weighted by atomic mass is 10.2. The zero-order valence-corrected chi connectivity index (χ0v) is 10.4.